The monoisotopic (exact) mass is 357 g/mol. The van der Waals surface area contributed by atoms with Crippen LogP contribution in [-0.2, 0) is 18.5 Å². The molecule has 0 unspecified atom stereocenters. The highest BCUT2D eigenvalue weighted by atomic mass is 32.1. The van der Waals surface area contributed by atoms with E-state index in [0.717, 1.165) is 21.7 Å². The van der Waals surface area contributed by atoms with E-state index in [9.17, 15) is 4.79 Å². The summed E-state index contributed by atoms with van der Waals surface area (Å²) < 4.78 is 2.46. The lowest BCUT2D eigenvalue weighted by atomic mass is 10.1. The number of benzene rings is 1. The minimum Gasteiger partial charge on any atom is -0.391 e. The minimum atomic E-state index is -0.305. The third kappa shape index (κ3) is 3.39. The number of hydrogen-bond donors (Lipinski definition) is 0. The van der Waals surface area contributed by atoms with Gasteiger partial charge in [0.25, 0.3) is 0 Å². The van der Waals surface area contributed by atoms with Gasteiger partial charge in [-0.05, 0) is 59.8 Å². The molecule has 0 aliphatic rings. The van der Waals surface area contributed by atoms with E-state index in [2.05, 4.69) is 21.6 Å². The summed E-state index contributed by atoms with van der Waals surface area (Å²) in [7, 11) is 1.56. The zero-order chi connectivity index (χ0) is 18.0. The van der Waals surface area contributed by atoms with Crippen molar-refractivity contribution in [3.63, 3.8) is 0 Å². The van der Waals surface area contributed by atoms with Crippen molar-refractivity contribution in [2.75, 3.05) is 0 Å². The molecule has 0 saturated heterocycles. The number of hydrogen-bond acceptors (Lipinski definition) is 6. The summed E-state index contributed by atoms with van der Waals surface area (Å²) in [6.07, 6.45) is 0. The van der Waals surface area contributed by atoms with E-state index in [1.54, 1.807) is 18.4 Å². The second kappa shape index (κ2) is 7.02. The fourth-order valence-corrected chi connectivity index (χ4v) is 3.39. The van der Waals surface area contributed by atoms with Crippen LogP contribution in [0.15, 0.2) is 39.6 Å². The number of aryl methyl sites for hydroxylation is 3. The number of rotatable bonds is 5. The quantitative estimate of drug-likeness (QED) is 0.520. The van der Waals surface area contributed by atoms with E-state index >= 15 is 0 Å². The molecule has 2 aromatic heterocycles. The number of thiophene rings is 1. The van der Waals surface area contributed by atoms with Gasteiger partial charge in [-0.2, -0.15) is 9.36 Å². The van der Waals surface area contributed by atoms with Gasteiger partial charge in [0.2, 0.25) is 0 Å². The van der Waals surface area contributed by atoms with Gasteiger partial charge in [0.15, 0.2) is 0 Å². The standard InChI is InChI=1S/C17H19N5O2S/c1-11-6-5-7-15(22-17(23)21(4)19-20-22)14(11)10-24-18-13(3)16-12(2)8-9-25-16/h5-9H,10H2,1-4H3/b18-13-. The van der Waals surface area contributed by atoms with Crippen LogP contribution < -0.4 is 5.69 Å². The second-order valence-corrected chi connectivity index (χ2v) is 6.67. The van der Waals surface area contributed by atoms with Crippen molar-refractivity contribution in [3.8, 4) is 5.69 Å². The molecule has 2 heterocycles. The van der Waals surface area contributed by atoms with Crippen LogP contribution in [0.1, 0.15) is 28.5 Å². The Morgan fingerprint density at radius 2 is 2.04 bits per heavy atom. The first kappa shape index (κ1) is 17.1. The number of nitrogens with zero attached hydrogens (tertiary/aromatic N) is 5. The van der Waals surface area contributed by atoms with Crippen LogP contribution in [0.3, 0.4) is 0 Å². The second-order valence-electron chi connectivity index (χ2n) is 5.75. The molecule has 130 valence electrons. The van der Waals surface area contributed by atoms with E-state index in [1.165, 1.54) is 14.9 Å². The molecule has 0 amide bonds. The first-order chi connectivity index (χ1) is 12.0. The van der Waals surface area contributed by atoms with Crippen molar-refractivity contribution in [1.29, 1.82) is 0 Å². The van der Waals surface area contributed by atoms with Crippen LogP contribution in [0, 0.1) is 13.8 Å². The SMILES string of the molecule is C/C(=N/OCc1c(C)cccc1-n1nnn(C)c1=O)c1sccc1C. The van der Waals surface area contributed by atoms with Gasteiger partial charge in [-0.15, -0.1) is 11.3 Å². The smallest absolute Gasteiger partial charge is 0.368 e. The van der Waals surface area contributed by atoms with Crippen LogP contribution in [0.5, 0.6) is 0 Å². The summed E-state index contributed by atoms with van der Waals surface area (Å²) in [6, 6.07) is 7.71. The first-order valence-corrected chi connectivity index (χ1v) is 8.66. The van der Waals surface area contributed by atoms with Gasteiger partial charge in [-0.1, -0.05) is 17.3 Å². The summed E-state index contributed by atoms with van der Waals surface area (Å²) in [4.78, 5) is 18.8. The molecule has 25 heavy (non-hydrogen) atoms. The number of aromatic nitrogens is 4. The number of tetrazole rings is 1. The van der Waals surface area contributed by atoms with Crippen molar-refractivity contribution in [1.82, 2.24) is 19.8 Å². The van der Waals surface area contributed by atoms with Crippen LogP contribution in [0.2, 0.25) is 0 Å². The van der Waals surface area contributed by atoms with Gasteiger partial charge in [-0.3, -0.25) is 0 Å². The molecule has 8 heteroatoms. The summed E-state index contributed by atoms with van der Waals surface area (Å²) in [5.74, 6) is 0. The van der Waals surface area contributed by atoms with E-state index in [0.29, 0.717) is 5.69 Å². The molecule has 0 bridgehead atoms. The Balaban J connectivity index is 1.87. The molecule has 0 aliphatic carbocycles. The van der Waals surface area contributed by atoms with Gasteiger partial charge in [0.1, 0.15) is 6.61 Å². The average molecular weight is 357 g/mol. The third-order valence-corrected chi connectivity index (χ3v) is 5.06. The molecule has 3 aromatic rings. The molecule has 0 spiro atoms. The molecular formula is C17H19N5O2S. The van der Waals surface area contributed by atoms with Crippen LogP contribution in [0.25, 0.3) is 5.69 Å². The lowest BCUT2D eigenvalue weighted by molar-refractivity contribution is 0.130. The van der Waals surface area contributed by atoms with E-state index in [1.807, 2.05) is 44.4 Å². The van der Waals surface area contributed by atoms with Gasteiger partial charge < -0.3 is 4.84 Å². The van der Waals surface area contributed by atoms with Gasteiger partial charge in [0.05, 0.1) is 16.3 Å². The maximum absolute atomic E-state index is 12.1. The molecule has 0 aliphatic heterocycles. The molecule has 0 N–H and O–H groups in total. The predicted molar refractivity (Wildman–Crippen MR) is 97.4 cm³/mol. The zero-order valence-corrected chi connectivity index (χ0v) is 15.4. The fraction of sp³-hybridized carbons (Fsp3) is 0.294. The topological polar surface area (TPSA) is 74.3 Å². The summed E-state index contributed by atoms with van der Waals surface area (Å²) in [5.41, 5.74) is 4.20. The average Bonchev–Trinajstić information content (AvgIpc) is 3.15. The van der Waals surface area contributed by atoms with Gasteiger partial charge in [0, 0.05) is 12.6 Å². The van der Waals surface area contributed by atoms with E-state index in [-0.39, 0.29) is 12.3 Å². The molecule has 1 aromatic carbocycles. The molecular weight excluding hydrogens is 338 g/mol. The maximum atomic E-state index is 12.1. The normalized spacial score (nSPS) is 11.8. The first-order valence-electron chi connectivity index (χ1n) is 7.78. The highest BCUT2D eigenvalue weighted by Gasteiger charge is 2.13. The highest BCUT2D eigenvalue weighted by Crippen LogP contribution is 2.19. The summed E-state index contributed by atoms with van der Waals surface area (Å²) in [5, 5.41) is 13.9. The van der Waals surface area contributed by atoms with Crippen molar-refractivity contribution < 1.29 is 4.84 Å². The third-order valence-electron chi connectivity index (χ3n) is 3.94. The van der Waals surface area contributed by atoms with Gasteiger partial charge >= 0.3 is 5.69 Å². The van der Waals surface area contributed by atoms with Crippen molar-refractivity contribution in [2.24, 2.45) is 12.2 Å². The van der Waals surface area contributed by atoms with Crippen LogP contribution in [0.4, 0.5) is 0 Å². The Hall–Kier alpha value is -2.74. The zero-order valence-electron chi connectivity index (χ0n) is 14.6. The van der Waals surface area contributed by atoms with Gasteiger partial charge in [-0.25, -0.2) is 4.79 Å². The Bertz CT molecular complexity index is 983. The van der Waals surface area contributed by atoms with Crippen LogP contribution in [-0.4, -0.2) is 25.5 Å². The van der Waals surface area contributed by atoms with Crippen molar-refractivity contribution in [2.45, 2.75) is 27.4 Å². The molecule has 0 radical (unpaired) electrons. The van der Waals surface area contributed by atoms with E-state index in [4.69, 9.17) is 4.84 Å². The molecule has 0 fully saturated rings. The minimum absolute atomic E-state index is 0.243. The molecule has 7 nitrogen and oxygen atoms in total. The Kier molecular flexibility index (Phi) is 4.80. The Labute approximate surface area is 149 Å². The summed E-state index contributed by atoms with van der Waals surface area (Å²) in [6.45, 7) is 6.17. The summed E-state index contributed by atoms with van der Waals surface area (Å²) >= 11 is 1.63. The number of oxime groups is 1. The Morgan fingerprint density at radius 3 is 2.68 bits per heavy atom. The molecule has 0 atom stereocenters. The molecule has 0 saturated carbocycles. The highest BCUT2D eigenvalue weighted by molar-refractivity contribution is 7.12. The fourth-order valence-electron chi connectivity index (χ4n) is 2.52. The lowest BCUT2D eigenvalue weighted by Crippen LogP contribution is -2.23. The van der Waals surface area contributed by atoms with Crippen LogP contribution >= 0.6 is 11.3 Å². The maximum Gasteiger partial charge on any atom is 0.368 e. The largest absolute Gasteiger partial charge is 0.391 e. The Morgan fingerprint density at radius 1 is 1.24 bits per heavy atom. The molecule has 3 rings (SSSR count). The van der Waals surface area contributed by atoms with Crippen molar-refractivity contribution >= 4 is 17.0 Å². The predicted octanol–water partition coefficient (Wildman–Crippen LogP) is 2.59. The van der Waals surface area contributed by atoms with E-state index < -0.39 is 0 Å². The van der Waals surface area contributed by atoms with Crippen molar-refractivity contribution in [3.05, 3.63) is 61.7 Å². The lowest BCUT2D eigenvalue weighted by Gasteiger charge is -2.10.